The molecule has 1 aromatic carbocycles. The summed E-state index contributed by atoms with van der Waals surface area (Å²) in [5.41, 5.74) is 0.404. The lowest BCUT2D eigenvalue weighted by Crippen LogP contribution is -2.43. The summed E-state index contributed by atoms with van der Waals surface area (Å²) in [5.74, 6) is -0.553. The molecule has 0 aromatic heterocycles. The van der Waals surface area contributed by atoms with Crippen LogP contribution < -0.4 is 0 Å². The molecule has 3 rings (SSSR count). The van der Waals surface area contributed by atoms with Crippen LogP contribution >= 0.6 is 0 Å². The molecule has 3 amide bonds. The Morgan fingerprint density at radius 1 is 0.769 bits per heavy atom. The van der Waals surface area contributed by atoms with Crippen molar-refractivity contribution in [2.24, 2.45) is 0 Å². The number of imide groups is 1. The fourth-order valence-corrected chi connectivity index (χ4v) is 4.17. The van der Waals surface area contributed by atoms with Crippen LogP contribution in [0.4, 0.5) is 4.79 Å². The van der Waals surface area contributed by atoms with Gasteiger partial charge in [0.1, 0.15) is 5.60 Å². The summed E-state index contributed by atoms with van der Waals surface area (Å²) in [7, 11) is 0. The summed E-state index contributed by atoms with van der Waals surface area (Å²) in [5, 5.41) is 0. The van der Waals surface area contributed by atoms with E-state index in [0.29, 0.717) is 77.1 Å². The minimum absolute atomic E-state index is 0.131. The first-order valence-electron chi connectivity index (χ1n) is 13.6. The van der Waals surface area contributed by atoms with Crippen LogP contribution in [0.1, 0.15) is 54.3 Å². The zero-order chi connectivity index (χ0) is 28.1. The normalized spacial score (nSPS) is 16.2. The van der Waals surface area contributed by atoms with E-state index in [1.54, 1.807) is 29.2 Å². The number of ether oxygens (including phenoxy) is 6. The smallest absolute Gasteiger partial charge is 0.410 e. The maximum Gasteiger partial charge on any atom is 0.410 e. The molecular formula is C28H42N2O9. The SMILES string of the molecule is CC(C)(C)OC(=O)N1CCC(OCCOCCOCCOCCOCCN2C(=O)c3ccccc3C2=O)CC1. The molecule has 0 aliphatic carbocycles. The number of amides is 3. The molecule has 39 heavy (non-hydrogen) atoms. The van der Waals surface area contributed by atoms with E-state index in [2.05, 4.69) is 0 Å². The van der Waals surface area contributed by atoms with Crippen LogP contribution in [-0.2, 0) is 28.4 Å². The maximum absolute atomic E-state index is 12.3. The second kappa shape index (κ2) is 15.9. The molecule has 0 saturated carbocycles. The highest BCUT2D eigenvalue weighted by Crippen LogP contribution is 2.22. The molecule has 0 spiro atoms. The number of piperidine rings is 1. The van der Waals surface area contributed by atoms with Gasteiger partial charge in [0.05, 0.1) is 83.2 Å². The number of carbonyl (C=O) groups is 3. The molecule has 1 aromatic rings. The minimum atomic E-state index is -0.482. The van der Waals surface area contributed by atoms with Crippen molar-refractivity contribution in [3.8, 4) is 0 Å². The van der Waals surface area contributed by atoms with Gasteiger partial charge in [0.15, 0.2) is 0 Å². The van der Waals surface area contributed by atoms with E-state index in [-0.39, 0.29) is 37.2 Å². The van der Waals surface area contributed by atoms with E-state index < -0.39 is 5.60 Å². The van der Waals surface area contributed by atoms with Gasteiger partial charge < -0.3 is 33.3 Å². The summed E-state index contributed by atoms with van der Waals surface area (Å²) in [6.07, 6.45) is 1.45. The van der Waals surface area contributed by atoms with Crippen LogP contribution in [0.5, 0.6) is 0 Å². The molecule has 0 bridgehead atoms. The highest BCUT2D eigenvalue weighted by molar-refractivity contribution is 6.21. The topological polar surface area (TPSA) is 113 Å². The fraction of sp³-hybridized carbons (Fsp3) is 0.679. The first-order valence-corrected chi connectivity index (χ1v) is 13.6. The molecule has 0 N–H and O–H groups in total. The van der Waals surface area contributed by atoms with Crippen molar-refractivity contribution in [3.63, 3.8) is 0 Å². The van der Waals surface area contributed by atoms with Gasteiger partial charge in [-0.3, -0.25) is 14.5 Å². The molecule has 1 saturated heterocycles. The van der Waals surface area contributed by atoms with Crippen LogP contribution in [0.15, 0.2) is 24.3 Å². The molecule has 0 unspecified atom stereocenters. The Kier molecular flexibility index (Phi) is 12.6. The number of nitrogens with zero attached hydrogens (tertiary/aromatic N) is 2. The maximum atomic E-state index is 12.3. The standard InChI is InChI=1S/C28H42N2O9/c1-28(2,3)39-27(33)29-10-8-22(9-11-29)38-21-20-37-19-18-36-17-16-35-15-14-34-13-12-30-25(31)23-6-4-5-7-24(23)26(30)32/h4-7,22H,8-21H2,1-3H3. The van der Waals surface area contributed by atoms with E-state index in [9.17, 15) is 14.4 Å². The molecule has 218 valence electrons. The average molecular weight is 551 g/mol. The van der Waals surface area contributed by atoms with Crippen LogP contribution in [0, 0.1) is 0 Å². The highest BCUT2D eigenvalue weighted by Gasteiger charge is 2.34. The third-order valence-electron chi connectivity index (χ3n) is 6.13. The lowest BCUT2D eigenvalue weighted by molar-refractivity contribution is -0.0394. The predicted molar refractivity (Wildman–Crippen MR) is 142 cm³/mol. The highest BCUT2D eigenvalue weighted by atomic mass is 16.6. The molecular weight excluding hydrogens is 508 g/mol. The number of rotatable bonds is 16. The van der Waals surface area contributed by atoms with Crippen molar-refractivity contribution < 1.29 is 42.8 Å². The lowest BCUT2D eigenvalue weighted by atomic mass is 10.1. The monoisotopic (exact) mass is 550 g/mol. The van der Waals surface area contributed by atoms with E-state index >= 15 is 0 Å². The first-order chi connectivity index (χ1) is 18.8. The van der Waals surface area contributed by atoms with Gasteiger partial charge in [0.25, 0.3) is 11.8 Å². The predicted octanol–water partition coefficient (Wildman–Crippen LogP) is 2.77. The molecule has 2 heterocycles. The van der Waals surface area contributed by atoms with Gasteiger partial charge in [-0.05, 0) is 45.7 Å². The molecule has 2 aliphatic rings. The number of fused-ring (bicyclic) bond motifs is 1. The third kappa shape index (κ3) is 10.5. The average Bonchev–Trinajstić information content (AvgIpc) is 3.15. The van der Waals surface area contributed by atoms with Crippen molar-refractivity contribution in [3.05, 3.63) is 35.4 Å². The largest absolute Gasteiger partial charge is 0.444 e. The molecule has 11 heteroatoms. The van der Waals surface area contributed by atoms with E-state index in [1.165, 1.54) is 4.90 Å². The van der Waals surface area contributed by atoms with Gasteiger partial charge in [0.2, 0.25) is 0 Å². The van der Waals surface area contributed by atoms with Crippen molar-refractivity contribution in [1.29, 1.82) is 0 Å². The Balaban J connectivity index is 1.06. The van der Waals surface area contributed by atoms with Crippen molar-refractivity contribution >= 4 is 17.9 Å². The Labute approximate surface area is 230 Å². The molecule has 0 radical (unpaired) electrons. The van der Waals surface area contributed by atoms with Gasteiger partial charge in [-0.1, -0.05) is 12.1 Å². The fourth-order valence-electron chi connectivity index (χ4n) is 4.17. The van der Waals surface area contributed by atoms with Gasteiger partial charge in [-0.15, -0.1) is 0 Å². The van der Waals surface area contributed by atoms with Crippen LogP contribution in [-0.4, -0.2) is 119 Å². The summed E-state index contributed by atoms with van der Waals surface area (Å²) in [4.78, 5) is 39.6. The Morgan fingerprint density at radius 2 is 1.23 bits per heavy atom. The number of hydrogen-bond acceptors (Lipinski definition) is 9. The van der Waals surface area contributed by atoms with Crippen molar-refractivity contribution in [2.45, 2.75) is 45.3 Å². The van der Waals surface area contributed by atoms with Crippen molar-refractivity contribution in [1.82, 2.24) is 9.80 Å². The van der Waals surface area contributed by atoms with E-state index in [0.717, 1.165) is 12.8 Å². The zero-order valence-corrected chi connectivity index (χ0v) is 23.4. The second-order valence-electron chi connectivity index (χ2n) is 10.3. The van der Waals surface area contributed by atoms with E-state index in [4.69, 9.17) is 28.4 Å². The van der Waals surface area contributed by atoms with Gasteiger partial charge in [-0.2, -0.15) is 0 Å². The summed E-state index contributed by atoms with van der Waals surface area (Å²) in [6, 6.07) is 6.82. The quantitative estimate of drug-likeness (QED) is 0.226. The van der Waals surface area contributed by atoms with Crippen LogP contribution in [0.25, 0.3) is 0 Å². The van der Waals surface area contributed by atoms with E-state index in [1.807, 2.05) is 20.8 Å². The number of likely N-dealkylation sites (tertiary alicyclic amines) is 1. The van der Waals surface area contributed by atoms with Crippen molar-refractivity contribution in [2.75, 3.05) is 79.1 Å². The molecule has 11 nitrogen and oxygen atoms in total. The number of hydrogen-bond donors (Lipinski definition) is 0. The Morgan fingerprint density at radius 3 is 1.72 bits per heavy atom. The van der Waals surface area contributed by atoms with Crippen LogP contribution in [0.3, 0.4) is 0 Å². The Hall–Kier alpha value is -2.57. The van der Waals surface area contributed by atoms with Gasteiger partial charge >= 0.3 is 6.09 Å². The third-order valence-corrected chi connectivity index (χ3v) is 6.13. The lowest BCUT2D eigenvalue weighted by Gasteiger charge is -2.33. The zero-order valence-electron chi connectivity index (χ0n) is 23.4. The van der Waals surface area contributed by atoms with Gasteiger partial charge in [0, 0.05) is 13.1 Å². The second-order valence-corrected chi connectivity index (χ2v) is 10.3. The van der Waals surface area contributed by atoms with Crippen LogP contribution in [0.2, 0.25) is 0 Å². The minimum Gasteiger partial charge on any atom is -0.444 e. The van der Waals surface area contributed by atoms with Gasteiger partial charge in [-0.25, -0.2) is 4.79 Å². The number of benzene rings is 1. The molecule has 2 aliphatic heterocycles. The molecule has 1 fully saturated rings. The summed E-state index contributed by atoms with van der Waals surface area (Å²) in [6.45, 7) is 10.9. The number of carbonyl (C=O) groups excluding carboxylic acids is 3. The summed E-state index contributed by atoms with van der Waals surface area (Å²) >= 11 is 0. The first kappa shape index (κ1) is 31.0. The molecule has 0 atom stereocenters. The Bertz CT molecular complexity index is 891. The summed E-state index contributed by atoms with van der Waals surface area (Å²) < 4.78 is 33.2.